The molecule has 0 saturated heterocycles. The van der Waals surface area contributed by atoms with Crippen LogP contribution in [0, 0.1) is 5.92 Å². The molecule has 6 heteroatoms. The molecule has 0 fully saturated rings. The van der Waals surface area contributed by atoms with E-state index in [9.17, 15) is 18.0 Å². The maximum atomic E-state index is 11.6. The van der Waals surface area contributed by atoms with Gasteiger partial charge in [0.05, 0.1) is 5.92 Å². The summed E-state index contributed by atoms with van der Waals surface area (Å²) in [5.41, 5.74) is 0. The minimum atomic E-state index is -4.39. The van der Waals surface area contributed by atoms with Crippen molar-refractivity contribution in [2.75, 3.05) is 6.61 Å². The lowest BCUT2D eigenvalue weighted by Gasteiger charge is -2.13. The predicted octanol–water partition coefficient (Wildman–Crippen LogP) is 1.88. The van der Waals surface area contributed by atoms with Gasteiger partial charge in [-0.25, -0.2) is 4.79 Å². The summed E-state index contributed by atoms with van der Waals surface area (Å²) in [4.78, 5) is 9.64. The van der Waals surface area contributed by atoms with E-state index in [1.165, 1.54) is 0 Å². The van der Waals surface area contributed by atoms with Crippen molar-refractivity contribution < 1.29 is 27.8 Å². The number of hydrogen-bond donors (Lipinski definition) is 1. The quantitative estimate of drug-likeness (QED) is 0.647. The van der Waals surface area contributed by atoms with Crippen LogP contribution in [0.1, 0.15) is 6.92 Å². The fourth-order valence-corrected chi connectivity index (χ4v) is 0.291. The van der Waals surface area contributed by atoms with Crippen molar-refractivity contribution in [1.82, 2.24) is 0 Å². The largest absolute Gasteiger partial charge is 0.505 e. The molecule has 0 aliphatic heterocycles. The summed E-state index contributed by atoms with van der Waals surface area (Å²) >= 11 is 0. The standard InChI is InChI=1S/C5H7F3O3/c1-3(5(6,7)8)2-11-4(9)10/h3H,2H2,1H3,(H,9,10). The molecule has 0 heterocycles. The van der Waals surface area contributed by atoms with Crippen molar-refractivity contribution in [2.45, 2.75) is 13.1 Å². The van der Waals surface area contributed by atoms with Crippen molar-refractivity contribution >= 4 is 6.16 Å². The van der Waals surface area contributed by atoms with E-state index in [1.54, 1.807) is 0 Å². The topological polar surface area (TPSA) is 46.5 Å². The summed E-state index contributed by atoms with van der Waals surface area (Å²) in [6, 6.07) is 0. The van der Waals surface area contributed by atoms with Crippen molar-refractivity contribution in [3.8, 4) is 0 Å². The molecule has 0 aromatic heterocycles. The molecule has 0 saturated carbocycles. The number of halogens is 3. The molecule has 0 amide bonds. The molecule has 66 valence electrons. The van der Waals surface area contributed by atoms with Gasteiger partial charge in [-0.3, -0.25) is 0 Å². The second-order valence-corrected chi connectivity index (χ2v) is 2.02. The summed E-state index contributed by atoms with van der Waals surface area (Å²) in [6.07, 6.45) is -6.09. The second-order valence-electron chi connectivity index (χ2n) is 2.02. The van der Waals surface area contributed by atoms with Gasteiger partial charge in [0.1, 0.15) is 6.61 Å². The molecule has 11 heavy (non-hydrogen) atoms. The summed E-state index contributed by atoms with van der Waals surface area (Å²) in [5, 5.41) is 7.84. The molecule has 0 aromatic carbocycles. The number of alkyl halides is 3. The molecule has 0 aliphatic carbocycles. The van der Waals surface area contributed by atoms with Crippen LogP contribution < -0.4 is 0 Å². The molecule has 0 aliphatic rings. The Morgan fingerprint density at radius 1 is 1.64 bits per heavy atom. The zero-order valence-corrected chi connectivity index (χ0v) is 5.68. The SMILES string of the molecule is CC(COC(=O)O)C(F)(F)F. The first-order valence-corrected chi connectivity index (χ1v) is 2.76. The van der Waals surface area contributed by atoms with Crippen LogP contribution >= 0.6 is 0 Å². The van der Waals surface area contributed by atoms with Gasteiger partial charge in [-0.1, -0.05) is 6.92 Å². The van der Waals surface area contributed by atoms with Gasteiger partial charge in [0.25, 0.3) is 0 Å². The highest BCUT2D eigenvalue weighted by molar-refractivity contribution is 5.56. The molecule has 0 spiro atoms. The molecule has 0 radical (unpaired) electrons. The van der Waals surface area contributed by atoms with Crippen LogP contribution in [-0.2, 0) is 4.74 Å². The Morgan fingerprint density at radius 3 is 2.36 bits per heavy atom. The van der Waals surface area contributed by atoms with E-state index in [0.717, 1.165) is 6.92 Å². The molecular formula is C5H7F3O3. The Hall–Kier alpha value is -0.940. The molecule has 0 rings (SSSR count). The fraction of sp³-hybridized carbons (Fsp3) is 0.800. The Labute approximate surface area is 60.8 Å². The lowest BCUT2D eigenvalue weighted by Crippen LogP contribution is -2.25. The maximum absolute atomic E-state index is 11.6. The third kappa shape index (κ3) is 4.46. The maximum Gasteiger partial charge on any atom is 0.505 e. The van der Waals surface area contributed by atoms with Gasteiger partial charge in [-0.15, -0.1) is 0 Å². The van der Waals surface area contributed by atoms with E-state index in [0.29, 0.717) is 0 Å². The molecule has 1 N–H and O–H groups in total. The van der Waals surface area contributed by atoms with E-state index in [1.807, 2.05) is 0 Å². The zero-order chi connectivity index (χ0) is 9.07. The molecular weight excluding hydrogens is 165 g/mol. The predicted molar refractivity (Wildman–Crippen MR) is 29.2 cm³/mol. The minimum Gasteiger partial charge on any atom is -0.450 e. The zero-order valence-electron chi connectivity index (χ0n) is 5.68. The minimum absolute atomic E-state index is 0.848. The van der Waals surface area contributed by atoms with Crippen LogP contribution in [0.2, 0.25) is 0 Å². The van der Waals surface area contributed by atoms with Crippen molar-refractivity contribution in [3.63, 3.8) is 0 Å². The third-order valence-electron chi connectivity index (χ3n) is 1.02. The third-order valence-corrected chi connectivity index (χ3v) is 1.02. The molecule has 1 atom stereocenters. The van der Waals surface area contributed by atoms with Crippen LogP contribution in [0.5, 0.6) is 0 Å². The fourth-order valence-electron chi connectivity index (χ4n) is 0.291. The normalized spacial score (nSPS) is 14.2. The average Bonchev–Trinajstić information content (AvgIpc) is 1.80. The Bertz CT molecular complexity index is 142. The van der Waals surface area contributed by atoms with Gasteiger partial charge >= 0.3 is 12.3 Å². The number of rotatable bonds is 2. The molecule has 1 unspecified atom stereocenters. The summed E-state index contributed by atoms with van der Waals surface area (Å²) < 4.78 is 38.6. The molecule has 3 nitrogen and oxygen atoms in total. The number of hydrogen-bond acceptors (Lipinski definition) is 2. The number of ether oxygens (including phenoxy) is 1. The van der Waals surface area contributed by atoms with Crippen LogP contribution in [0.25, 0.3) is 0 Å². The summed E-state index contributed by atoms with van der Waals surface area (Å²) in [6.45, 7) is 0.00176. The Morgan fingerprint density at radius 2 is 2.09 bits per heavy atom. The first-order chi connectivity index (χ1) is 4.84. The van der Waals surface area contributed by atoms with Gasteiger partial charge in [0, 0.05) is 0 Å². The van der Waals surface area contributed by atoms with Crippen LogP contribution in [0.3, 0.4) is 0 Å². The average molecular weight is 172 g/mol. The lowest BCUT2D eigenvalue weighted by atomic mass is 10.2. The van der Waals surface area contributed by atoms with E-state index in [2.05, 4.69) is 4.74 Å². The van der Waals surface area contributed by atoms with Crippen molar-refractivity contribution in [2.24, 2.45) is 5.92 Å². The lowest BCUT2D eigenvalue weighted by molar-refractivity contribution is -0.179. The van der Waals surface area contributed by atoms with Gasteiger partial charge in [0.2, 0.25) is 0 Å². The van der Waals surface area contributed by atoms with Gasteiger partial charge in [-0.2, -0.15) is 13.2 Å². The van der Waals surface area contributed by atoms with Crippen LogP contribution in [0.15, 0.2) is 0 Å². The monoisotopic (exact) mass is 172 g/mol. The van der Waals surface area contributed by atoms with Crippen LogP contribution in [-0.4, -0.2) is 24.0 Å². The van der Waals surface area contributed by atoms with E-state index >= 15 is 0 Å². The van der Waals surface area contributed by atoms with E-state index < -0.39 is 24.9 Å². The van der Waals surface area contributed by atoms with Crippen molar-refractivity contribution in [3.05, 3.63) is 0 Å². The van der Waals surface area contributed by atoms with Gasteiger partial charge < -0.3 is 9.84 Å². The first-order valence-electron chi connectivity index (χ1n) is 2.76. The highest BCUT2D eigenvalue weighted by Crippen LogP contribution is 2.25. The highest BCUT2D eigenvalue weighted by atomic mass is 19.4. The molecule has 0 aromatic rings. The second kappa shape index (κ2) is 3.45. The number of carboxylic acid groups (broad SMARTS) is 1. The smallest absolute Gasteiger partial charge is 0.450 e. The van der Waals surface area contributed by atoms with E-state index in [4.69, 9.17) is 5.11 Å². The van der Waals surface area contributed by atoms with Gasteiger partial charge in [0.15, 0.2) is 0 Å². The molecule has 0 bridgehead atoms. The summed E-state index contributed by atoms with van der Waals surface area (Å²) in [5.74, 6) is -1.75. The van der Waals surface area contributed by atoms with Crippen LogP contribution in [0.4, 0.5) is 18.0 Å². The van der Waals surface area contributed by atoms with E-state index in [-0.39, 0.29) is 0 Å². The Kier molecular flexibility index (Phi) is 3.16. The van der Waals surface area contributed by atoms with Gasteiger partial charge in [-0.05, 0) is 0 Å². The van der Waals surface area contributed by atoms with Crippen molar-refractivity contribution in [1.29, 1.82) is 0 Å². The number of carbonyl (C=O) groups is 1. The summed E-state index contributed by atoms with van der Waals surface area (Å²) in [7, 11) is 0. The Balaban J connectivity index is 3.70. The first kappa shape index (κ1) is 10.1. The highest BCUT2D eigenvalue weighted by Gasteiger charge is 2.36.